The summed E-state index contributed by atoms with van der Waals surface area (Å²) >= 11 is 5.01. The monoisotopic (exact) mass is 655 g/mol. The van der Waals surface area contributed by atoms with E-state index in [4.69, 9.17) is 4.74 Å². The van der Waals surface area contributed by atoms with Crippen LogP contribution < -0.4 is 14.2 Å². The molecule has 0 spiro atoms. The van der Waals surface area contributed by atoms with Gasteiger partial charge in [0.05, 0.1) is 21.2 Å². The molecule has 0 radical (unpaired) electrons. The first-order valence-corrected chi connectivity index (χ1v) is 18.8. The quantitative estimate of drug-likeness (QED) is 0.145. The third-order valence-corrected chi connectivity index (χ3v) is 12.1. The van der Waals surface area contributed by atoms with Gasteiger partial charge in [-0.2, -0.15) is 21.4 Å². The average molecular weight is 656 g/mol. The highest BCUT2D eigenvalue weighted by Gasteiger charge is 2.29. The van der Waals surface area contributed by atoms with Crippen molar-refractivity contribution in [2.75, 3.05) is 23.0 Å². The first kappa shape index (κ1) is 30.1. The number of nitrogens with zero attached hydrogens (tertiary/aromatic N) is 2. The van der Waals surface area contributed by atoms with Crippen molar-refractivity contribution in [1.82, 2.24) is 0 Å². The van der Waals surface area contributed by atoms with E-state index in [0.717, 1.165) is 36.9 Å². The Kier molecular flexibility index (Phi) is 8.63. The van der Waals surface area contributed by atoms with Crippen LogP contribution in [-0.2, 0) is 26.8 Å². The van der Waals surface area contributed by atoms with E-state index in [0.29, 0.717) is 31.1 Å². The fourth-order valence-electron chi connectivity index (χ4n) is 4.71. The van der Waals surface area contributed by atoms with Crippen LogP contribution in [-0.4, -0.2) is 44.0 Å². The SMILES string of the molecule is CCC(=Cc1sc2c3ccsc3sc2[n+]1CCCS(=O)(=O)O)C=C1Oc2cc(C)c(C)cc2N1CCCS(=O)(=O)O. The van der Waals surface area contributed by atoms with Crippen LogP contribution in [0.5, 0.6) is 5.75 Å². The maximum atomic E-state index is 11.4. The number of fused-ring (bicyclic) bond motifs is 4. The van der Waals surface area contributed by atoms with E-state index in [1.54, 1.807) is 34.0 Å². The molecule has 1 aromatic carbocycles. The Morgan fingerprint density at radius 1 is 1.05 bits per heavy atom. The van der Waals surface area contributed by atoms with E-state index in [9.17, 15) is 25.9 Å². The van der Waals surface area contributed by atoms with Crippen LogP contribution in [0.15, 0.2) is 41.1 Å². The minimum Gasteiger partial charge on any atom is -0.439 e. The first-order chi connectivity index (χ1) is 19.3. The number of benzene rings is 1. The molecule has 220 valence electrons. The van der Waals surface area contributed by atoms with Gasteiger partial charge in [0, 0.05) is 30.5 Å². The van der Waals surface area contributed by atoms with Gasteiger partial charge in [0.25, 0.3) is 30.1 Å². The van der Waals surface area contributed by atoms with Crippen LogP contribution >= 0.6 is 34.0 Å². The lowest BCUT2D eigenvalue weighted by atomic mass is 10.1. The first-order valence-electron chi connectivity index (χ1n) is 13.0. The van der Waals surface area contributed by atoms with Gasteiger partial charge in [-0.15, -0.1) is 11.3 Å². The highest BCUT2D eigenvalue weighted by atomic mass is 32.2. The number of hydrogen-bond acceptors (Lipinski definition) is 9. The van der Waals surface area contributed by atoms with Gasteiger partial charge in [-0.1, -0.05) is 29.6 Å². The molecule has 0 saturated heterocycles. The molecular weight excluding hydrogens is 625 g/mol. The van der Waals surface area contributed by atoms with Gasteiger partial charge in [-0.25, -0.2) is 0 Å². The zero-order valence-electron chi connectivity index (χ0n) is 22.8. The molecule has 0 unspecified atom stereocenters. The summed E-state index contributed by atoms with van der Waals surface area (Å²) in [4.78, 5) is 3.02. The van der Waals surface area contributed by atoms with Crippen LogP contribution in [0, 0.1) is 13.8 Å². The minimum atomic E-state index is -4.09. The predicted molar refractivity (Wildman–Crippen MR) is 168 cm³/mol. The molecule has 4 aromatic rings. The Hall–Kier alpha value is -2.33. The van der Waals surface area contributed by atoms with Gasteiger partial charge in [-0.05, 0) is 67.0 Å². The van der Waals surface area contributed by atoms with Crippen LogP contribution in [0.4, 0.5) is 5.69 Å². The number of hydrogen-bond donors (Lipinski definition) is 2. The summed E-state index contributed by atoms with van der Waals surface area (Å²) in [6, 6.07) is 6.10. The molecular formula is C27H31N2O7S5+. The number of ether oxygens (including phenoxy) is 1. The highest BCUT2D eigenvalue weighted by Crippen LogP contribution is 2.42. The second kappa shape index (κ2) is 11.7. The van der Waals surface area contributed by atoms with Crippen molar-refractivity contribution >= 4 is 84.9 Å². The Morgan fingerprint density at radius 2 is 1.76 bits per heavy atom. The molecule has 2 N–H and O–H groups in total. The minimum absolute atomic E-state index is 0.225. The number of allylic oxidation sites excluding steroid dienone is 2. The normalized spacial score (nSPS) is 15.4. The lowest BCUT2D eigenvalue weighted by molar-refractivity contribution is -0.666. The van der Waals surface area contributed by atoms with Crippen LogP contribution in [0.2, 0.25) is 0 Å². The van der Waals surface area contributed by atoms with Crippen molar-refractivity contribution in [2.24, 2.45) is 0 Å². The summed E-state index contributed by atoms with van der Waals surface area (Å²) in [5.41, 5.74) is 3.99. The average Bonchev–Trinajstić information content (AvgIpc) is 3.61. The van der Waals surface area contributed by atoms with Crippen molar-refractivity contribution in [1.29, 1.82) is 0 Å². The van der Waals surface area contributed by atoms with E-state index in [1.165, 1.54) is 9.40 Å². The molecule has 0 bridgehead atoms. The number of rotatable bonds is 11. The van der Waals surface area contributed by atoms with Gasteiger partial charge in [0.15, 0.2) is 12.3 Å². The Morgan fingerprint density at radius 3 is 2.46 bits per heavy atom. The lowest BCUT2D eigenvalue weighted by Crippen LogP contribution is -2.35. The standard InChI is InChI=1S/C27H30N2O7S5/c1-4-19(15-23-28(8-5-11-40(30,31)32)21-13-17(2)18(3)14-22(21)36-23)16-24-29(9-6-12-41(33,34)35)26-25(38-24)20-7-10-37-27(20)39-26/h7,10,13-16H,4-6,8-9,11-12H2,1-3H3,(H-,30,31,32,33,34,35)/p+1. The van der Waals surface area contributed by atoms with Crippen molar-refractivity contribution < 1.29 is 35.2 Å². The molecule has 0 amide bonds. The Balaban J connectivity index is 1.53. The largest absolute Gasteiger partial charge is 0.439 e. The van der Waals surface area contributed by atoms with Crippen molar-refractivity contribution in [3.63, 3.8) is 0 Å². The number of aromatic nitrogens is 1. The fourth-order valence-corrected chi connectivity index (χ4v) is 9.51. The van der Waals surface area contributed by atoms with Gasteiger partial charge in [-0.3, -0.25) is 9.11 Å². The summed E-state index contributed by atoms with van der Waals surface area (Å²) in [6.45, 7) is 6.85. The van der Waals surface area contributed by atoms with Gasteiger partial charge < -0.3 is 9.64 Å². The molecule has 14 heteroatoms. The van der Waals surface area contributed by atoms with Gasteiger partial charge >= 0.3 is 0 Å². The summed E-state index contributed by atoms with van der Waals surface area (Å²) in [6.07, 6.45) is 5.22. The van der Waals surface area contributed by atoms with E-state index < -0.39 is 20.2 Å². The lowest BCUT2D eigenvalue weighted by Gasteiger charge is -2.19. The topological polar surface area (TPSA) is 125 Å². The molecule has 3 aromatic heterocycles. The highest BCUT2D eigenvalue weighted by molar-refractivity contribution is 7.86. The van der Waals surface area contributed by atoms with Crippen LogP contribution in [0.3, 0.4) is 0 Å². The number of thiophene rings is 2. The summed E-state index contributed by atoms with van der Waals surface area (Å²) < 4.78 is 74.8. The number of aryl methyl sites for hydroxylation is 3. The van der Waals surface area contributed by atoms with E-state index in [2.05, 4.69) is 22.1 Å². The van der Waals surface area contributed by atoms with Crippen LogP contribution in [0.1, 0.15) is 42.3 Å². The number of anilines is 1. The maximum Gasteiger partial charge on any atom is 0.282 e. The van der Waals surface area contributed by atoms with Crippen molar-refractivity contribution in [3.05, 3.63) is 57.2 Å². The molecule has 1 aliphatic heterocycles. The van der Waals surface area contributed by atoms with Gasteiger partial charge in [0.1, 0.15) is 4.70 Å². The fraction of sp³-hybridized carbons (Fsp3) is 0.370. The smallest absolute Gasteiger partial charge is 0.282 e. The molecule has 0 saturated carbocycles. The molecule has 5 rings (SSSR count). The maximum absolute atomic E-state index is 11.4. The van der Waals surface area contributed by atoms with E-state index in [1.807, 2.05) is 43.9 Å². The molecule has 9 nitrogen and oxygen atoms in total. The molecule has 0 atom stereocenters. The van der Waals surface area contributed by atoms with Gasteiger partial charge in [0.2, 0.25) is 5.88 Å². The second-order valence-electron chi connectivity index (χ2n) is 9.94. The summed E-state index contributed by atoms with van der Waals surface area (Å²) in [5, 5.41) is 4.21. The van der Waals surface area contributed by atoms with E-state index >= 15 is 0 Å². The third-order valence-electron chi connectivity index (χ3n) is 6.92. The third kappa shape index (κ3) is 6.85. The Labute approximate surface area is 251 Å². The molecule has 0 aliphatic carbocycles. The second-order valence-corrected chi connectivity index (χ2v) is 16.3. The number of thiazole rings is 1. The van der Waals surface area contributed by atoms with Crippen molar-refractivity contribution in [3.8, 4) is 5.75 Å². The Bertz CT molecular complexity index is 1900. The molecule has 1 aliphatic rings. The zero-order valence-corrected chi connectivity index (χ0v) is 26.9. The molecule has 41 heavy (non-hydrogen) atoms. The molecule has 0 fully saturated rings. The van der Waals surface area contributed by atoms with Crippen LogP contribution in [0.25, 0.3) is 25.0 Å². The summed E-state index contributed by atoms with van der Waals surface area (Å²) in [5.74, 6) is 0.609. The predicted octanol–water partition coefficient (Wildman–Crippen LogP) is 6.17. The molecule has 4 heterocycles. The zero-order chi connectivity index (χ0) is 29.5. The van der Waals surface area contributed by atoms with E-state index in [-0.39, 0.29) is 24.3 Å². The van der Waals surface area contributed by atoms with Crippen molar-refractivity contribution in [2.45, 2.75) is 46.6 Å². The summed E-state index contributed by atoms with van der Waals surface area (Å²) in [7, 11) is -8.15.